The standard InChI is InChI=1S/C48H55N7O8S/c1-30(2)37-6-3-4-7-38(37)41-8-5-17-54(41)34-26-48(27-34)14-18-53(19-15-48)33-9-10-39(43(23-33)63-35-22-32-11-16-49-46(32)50-28-35)47(56)52-64(59,60)36-24-42(55(57)58)45-44(25-36)62-29-40(51-45)31-12-20-61-21-13-31/h3-4,6-7,9-11,16,22-25,28,30-31,34,40-41,51H,5,8,12-15,17-21,26-27,29H2,1-2H3,(H,49,50)(H,52,56)/t40-,41-/m0/s1. The molecule has 6 heterocycles. The number of piperidine rings is 1. The van der Waals surface area contributed by atoms with E-state index in [1.165, 1.54) is 42.9 Å². The molecule has 1 saturated carbocycles. The predicted octanol–water partition coefficient (Wildman–Crippen LogP) is 8.69. The molecule has 2 aromatic heterocycles. The van der Waals surface area contributed by atoms with Crippen molar-refractivity contribution >= 4 is 44.0 Å². The molecule has 336 valence electrons. The molecular formula is C48H55N7O8S. The summed E-state index contributed by atoms with van der Waals surface area (Å²) in [6.45, 7) is 8.80. The van der Waals surface area contributed by atoms with Crippen molar-refractivity contribution in [2.75, 3.05) is 49.7 Å². The van der Waals surface area contributed by atoms with Crippen LogP contribution in [-0.2, 0) is 14.8 Å². The van der Waals surface area contributed by atoms with Gasteiger partial charge in [-0.05, 0) is 111 Å². The molecule has 1 aliphatic carbocycles. The van der Waals surface area contributed by atoms with E-state index in [2.05, 4.69) is 67.9 Å². The summed E-state index contributed by atoms with van der Waals surface area (Å²) in [5.41, 5.74) is 4.41. The van der Waals surface area contributed by atoms with E-state index in [9.17, 15) is 23.3 Å². The van der Waals surface area contributed by atoms with E-state index >= 15 is 0 Å². The smallest absolute Gasteiger partial charge is 0.297 e. The molecule has 16 heteroatoms. The maximum atomic E-state index is 14.1. The number of sulfonamides is 1. The Kier molecular flexibility index (Phi) is 11.2. The van der Waals surface area contributed by atoms with Crippen molar-refractivity contribution in [1.29, 1.82) is 0 Å². The van der Waals surface area contributed by atoms with Crippen molar-refractivity contribution in [2.24, 2.45) is 11.3 Å². The first-order valence-corrected chi connectivity index (χ1v) is 24.1. The minimum Gasteiger partial charge on any atom is -0.489 e. The molecule has 0 unspecified atom stereocenters. The zero-order valence-electron chi connectivity index (χ0n) is 36.3. The van der Waals surface area contributed by atoms with Gasteiger partial charge in [-0.3, -0.25) is 19.8 Å². The number of anilines is 2. The van der Waals surface area contributed by atoms with Gasteiger partial charge in [-0.2, -0.15) is 0 Å². The molecule has 64 heavy (non-hydrogen) atoms. The molecule has 5 aromatic rings. The average molecular weight is 890 g/mol. The fraction of sp³-hybridized carbons (Fsp3) is 0.458. The maximum absolute atomic E-state index is 14.1. The highest BCUT2D eigenvalue weighted by molar-refractivity contribution is 7.90. The lowest BCUT2D eigenvalue weighted by atomic mass is 9.59. The number of rotatable bonds is 11. The van der Waals surface area contributed by atoms with Crippen LogP contribution in [0.4, 0.5) is 17.1 Å². The number of carbonyl (C=O) groups excluding carboxylic acids is 1. The van der Waals surface area contributed by atoms with E-state index in [0.717, 1.165) is 62.5 Å². The van der Waals surface area contributed by atoms with E-state index in [4.69, 9.17) is 14.2 Å². The second-order valence-corrected chi connectivity index (χ2v) is 20.3. The summed E-state index contributed by atoms with van der Waals surface area (Å²) in [4.78, 5) is 37.9. The monoisotopic (exact) mass is 889 g/mol. The van der Waals surface area contributed by atoms with E-state index < -0.39 is 31.4 Å². The number of hydrogen-bond acceptors (Lipinski definition) is 12. The maximum Gasteiger partial charge on any atom is 0.297 e. The third-order valence-corrected chi connectivity index (χ3v) is 15.8. The largest absolute Gasteiger partial charge is 0.489 e. The summed E-state index contributed by atoms with van der Waals surface area (Å²) in [6.07, 6.45) is 11.8. The van der Waals surface area contributed by atoms with Crippen LogP contribution in [0.3, 0.4) is 0 Å². The number of carbonyl (C=O) groups is 1. The molecule has 4 fully saturated rings. The van der Waals surface area contributed by atoms with Crippen LogP contribution < -0.4 is 24.4 Å². The minimum atomic E-state index is -4.63. The normalized spacial score (nSPS) is 21.6. The summed E-state index contributed by atoms with van der Waals surface area (Å²) < 4.78 is 47.8. The van der Waals surface area contributed by atoms with E-state index in [1.807, 2.05) is 12.1 Å². The van der Waals surface area contributed by atoms with Crippen molar-refractivity contribution in [3.8, 4) is 17.2 Å². The third-order valence-electron chi connectivity index (χ3n) is 14.5. The van der Waals surface area contributed by atoms with Gasteiger partial charge in [0.25, 0.3) is 21.6 Å². The topological polar surface area (TPSA) is 181 Å². The van der Waals surface area contributed by atoms with Gasteiger partial charge in [0.05, 0.1) is 27.6 Å². The summed E-state index contributed by atoms with van der Waals surface area (Å²) in [7, 11) is -4.63. The van der Waals surface area contributed by atoms with Crippen LogP contribution >= 0.6 is 0 Å². The van der Waals surface area contributed by atoms with Crippen molar-refractivity contribution < 1.29 is 32.3 Å². The number of benzene rings is 3. The molecule has 0 radical (unpaired) electrons. The molecular weight excluding hydrogens is 835 g/mol. The highest BCUT2D eigenvalue weighted by Gasteiger charge is 2.50. The van der Waals surface area contributed by atoms with Crippen LogP contribution in [0, 0.1) is 21.4 Å². The highest BCUT2D eigenvalue weighted by Crippen LogP contribution is 2.54. The van der Waals surface area contributed by atoms with Crippen molar-refractivity contribution in [3.05, 3.63) is 106 Å². The molecule has 2 atom stereocenters. The Morgan fingerprint density at radius 2 is 1.81 bits per heavy atom. The average Bonchev–Trinajstić information content (AvgIpc) is 3.98. The molecule has 3 N–H and O–H groups in total. The van der Waals surface area contributed by atoms with Crippen LogP contribution in [0.1, 0.15) is 98.7 Å². The van der Waals surface area contributed by atoms with Gasteiger partial charge < -0.3 is 29.4 Å². The number of fused-ring (bicyclic) bond motifs is 2. The predicted molar refractivity (Wildman–Crippen MR) is 243 cm³/mol. The molecule has 1 spiro atoms. The fourth-order valence-corrected chi connectivity index (χ4v) is 12.0. The third kappa shape index (κ3) is 8.15. The van der Waals surface area contributed by atoms with Crippen molar-refractivity contribution in [2.45, 2.75) is 94.2 Å². The lowest BCUT2D eigenvalue weighted by Gasteiger charge is -2.56. The van der Waals surface area contributed by atoms with Gasteiger partial charge >= 0.3 is 0 Å². The number of H-pyrrole nitrogens is 1. The molecule has 4 aliphatic heterocycles. The molecule has 0 bridgehead atoms. The molecule has 1 amide bonds. The van der Waals surface area contributed by atoms with Gasteiger partial charge in [0.15, 0.2) is 11.4 Å². The van der Waals surface area contributed by atoms with E-state index in [1.54, 1.807) is 30.6 Å². The van der Waals surface area contributed by atoms with Crippen LogP contribution in [0.2, 0.25) is 0 Å². The molecule has 3 saturated heterocycles. The van der Waals surface area contributed by atoms with Crippen LogP contribution in [0.5, 0.6) is 17.2 Å². The summed E-state index contributed by atoms with van der Waals surface area (Å²) in [6, 6.07) is 20.9. The van der Waals surface area contributed by atoms with Crippen molar-refractivity contribution in [3.63, 3.8) is 0 Å². The van der Waals surface area contributed by atoms with E-state index in [-0.39, 0.29) is 41.3 Å². The SMILES string of the molecule is CC(C)c1ccccc1[C@@H]1CCCN1C1CC2(CCN(c3ccc(C(=O)NS(=O)(=O)c4cc5c(c([N+](=O)[O-])c4)N[C@H](C4CCOCC4)CO5)c(Oc4cnc5[nH]ccc5c4)c3)CC2)C1. The first-order valence-electron chi connectivity index (χ1n) is 22.6. The van der Waals surface area contributed by atoms with Gasteiger partial charge in [0, 0.05) is 73.9 Å². The van der Waals surface area contributed by atoms with Gasteiger partial charge in [-0.1, -0.05) is 38.1 Å². The molecule has 3 aromatic carbocycles. The zero-order chi connectivity index (χ0) is 44.2. The molecule has 15 nitrogen and oxygen atoms in total. The van der Waals surface area contributed by atoms with Crippen molar-refractivity contribution in [1.82, 2.24) is 19.6 Å². The number of likely N-dealkylation sites (tertiary alicyclic amines) is 1. The fourth-order valence-electron chi connectivity index (χ4n) is 11.0. The Morgan fingerprint density at radius 1 is 1.02 bits per heavy atom. The van der Waals surface area contributed by atoms with Gasteiger partial charge in [-0.25, -0.2) is 18.1 Å². The lowest BCUT2D eigenvalue weighted by molar-refractivity contribution is -0.384. The Labute approximate surface area is 373 Å². The number of amides is 1. The summed E-state index contributed by atoms with van der Waals surface area (Å²) >= 11 is 0. The van der Waals surface area contributed by atoms with E-state index in [0.29, 0.717) is 48.0 Å². The first kappa shape index (κ1) is 42.3. The number of pyridine rings is 1. The number of nitrogens with zero attached hydrogens (tertiary/aromatic N) is 4. The van der Waals surface area contributed by atoms with Gasteiger partial charge in [-0.15, -0.1) is 0 Å². The Hall–Kier alpha value is -5.71. The first-order chi connectivity index (χ1) is 30.9. The van der Waals surface area contributed by atoms with Crippen LogP contribution in [0.25, 0.3) is 11.0 Å². The number of nitro benzene ring substituents is 1. The number of hydrogen-bond donors (Lipinski definition) is 3. The second kappa shape index (κ2) is 17.0. The number of nitrogens with one attached hydrogen (secondary N) is 3. The summed E-state index contributed by atoms with van der Waals surface area (Å²) in [5, 5.41) is 16.4. The van der Waals surface area contributed by atoms with Gasteiger partial charge in [0.2, 0.25) is 0 Å². The minimum absolute atomic E-state index is 0.0271. The Bertz CT molecular complexity index is 2680. The number of aromatic amines is 1. The molecule has 5 aliphatic rings. The summed E-state index contributed by atoms with van der Waals surface area (Å²) in [5.74, 6) is 0.264. The Morgan fingerprint density at radius 3 is 2.59 bits per heavy atom. The zero-order valence-corrected chi connectivity index (χ0v) is 37.1. The quantitative estimate of drug-likeness (QED) is 0.0849. The number of nitro groups is 1. The lowest BCUT2D eigenvalue weighted by Crippen LogP contribution is -2.54. The second-order valence-electron chi connectivity index (χ2n) is 18.6. The highest BCUT2D eigenvalue weighted by atomic mass is 32.2. The number of aromatic nitrogens is 2. The van der Waals surface area contributed by atoms with Gasteiger partial charge in [0.1, 0.15) is 23.8 Å². The van der Waals surface area contributed by atoms with Crippen LogP contribution in [0.15, 0.2) is 84.0 Å². The van der Waals surface area contributed by atoms with Crippen LogP contribution in [-0.4, -0.2) is 85.7 Å². The molecule has 10 rings (SSSR count). The number of ether oxygens (including phenoxy) is 3. The Balaban J connectivity index is 0.861.